The van der Waals surface area contributed by atoms with E-state index < -0.39 is 6.10 Å². The van der Waals surface area contributed by atoms with Crippen molar-refractivity contribution in [1.82, 2.24) is 10.2 Å². The number of carbonyl (C=O) groups is 1. The Morgan fingerprint density at radius 3 is 2.36 bits per heavy atom. The first-order valence-corrected chi connectivity index (χ1v) is 8.05. The zero-order valence-corrected chi connectivity index (χ0v) is 14.5. The molecule has 0 aliphatic heterocycles. The summed E-state index contributed by atoms with van der Waals surface area (Å²) in [5.74, 6) is 0.00445. The largest absolute Gasteiger partial charge is 0.387 e. The molecule has 0 radical (unpaired) electrons. The van der Waals surface area contributed by atoms with E-state index in [1.807, 2.05) is 56.9 Å². The van der Waals surface area contributed by atoms with Crippen molar-refractivity contribution in [3.8, 4) is 0 Å². The lowest BCUT2D eigenvalue weighted by molar-refractivity contribution is -0.124. The Bertz CT molecular complexity index is 468. The van der Waals surface area contributed by atoms with E-state index in [-0.39, 0.29) is 11.4 Å². The van der Waals surface area contributed by atoms with Gasteiger partial charge in [-0.1, -0.05) is 43.7 Å². The number of hydrogen-bond donors (Lipinski definition) is 2. The van der Waals surface area contributed by atoms with Crippen LogP contribution in [0.4, 0.5) is 0 Å². The summed E-state index contributed by atoms with van der Waals surface area (Å²) in [5.41, 5.74) is 1.87. The maximum atomic E-state index is 12.1. The van der Waals surface area contributed by atoms with Gasteiger partial charge in [-0.15, -0.1) is 0 Å². The van der Waals surface area contributed by atoms with Gasteiger partial charge in [-0.3, -0.25) is 9.69 Å². The number of carbonyl (C=O) groups excluding carboxylic acids is 1. The molecule has 4 heteroatoms. The second-order valence-corrected chi connectivity index (χ2v) is 6.54. The molecule has 0 fully saturated rings. The quantitative estimate of drug-likeness (QED) is 0.776. The maximum Gasteiger partial charge on any atom is 0.234 e. The zero-order valence-electron chi connectivity index (χ0n) is 14.5. The Morgan fingerprint density at radius 1 is 1.27 bits per heavy atom. The fourth-order valence-corrected chi connectivity index (χ4v) is 2.15. The van der Waals surface area contributed by atoms with Crippen molar-refractivity contribution >= 4 is 5.91 Å². The Morgan fingerprint density at radius 2 is 1.86 bits per heavy atom. The first-order valence-electron chi connectivity index (χ1n) is 8.05. The molecule has 0 saturated heterocycles. The predicted molar refractivity (Wildman–Crippen MR) is 90.8 cm³/mol. The Balaban J connectivity index is 2.57. The monoisotopic (exact) mass is 306 g/mol. The van der Waals surface area contributed by atoms with E-state index in [4.69, 9.17) is 0 Å². The van der Waals surface area contributed by atoms with Crippen LogP contribution in [-0.4, -0.2) is 41.1 Å². The molecule has 0 saturated carbocycles. The van der Waals surface area contributed by atoms with Crippen LogP contribution in [0.1, 0.15) is 51.3 Å². The number of benzene rings is 1. The minimum absolute atomic E-state index is 0.00445. The topological polar surface area (TPSA) is 52.6 Å². The van der Waals surface area contributed by atoms with Gasteiger partial charge >= 0.3 is 0 Å². The van der Waals surface area contributed by atoms with Crippen LogP contribution < -0.4 is 5.32 Å². The Kier molecular flexibility index (Phi) is 7.04. The summed E-state index contributed by atoms with van der Waals surface area (Å²) in [6.07, 6.45) is 0.309. The molecule has 0 aliphatic rings. The molecule has 0 aliphatic carbocycles. The molecule has 1 atom stereocenters. The lowest BCUT2D eigenvalue weighted by Gasteiger charge is -2.28. The minimum Gasteiger partial charge on any atom is -0.387 e. The fourth-order valence-electron chi connectivity index (χ4n) is 2.15. The number of nitrogens with zero attached hydrogens (tertiary/aromatic N) is 1. The first-order chi connectivity index (χ1) is 10.3. The van der Waals surface area contributed by atoms with Crippen LogP contribution in [0.15, 0.2) is 24.3 Å². The third-order valence-corrected chi connectivity index (χ3v) is 4.07. The number of aryl methyl sites for hydroxylation is 1. The third-order valence-electron chi connectivity index (χ3n) is 4.07. The van der Waals surface area contributed by atoms with E-state index >= 15 is 0 Å². The van der Waals surface area contributed by atoms with Gasteiger partial charge in [0.05, 0.1) is 12.6 Å². The standard InChI is InChI=1S/C18H30N2O2/c1-6-18(4,5)19-17(22)13-20(7-2)12-16(21)15-10-8-14(3)9-11-15/h8-11,16,21H,6-7,12-13H2,1-5H3,(H,19,22). The summed E-state index contributed by atoms with van der Waals surface area (Å²) in [6, 6.07) is 7.86. The average Bonchev–Trinajstić information content (AvgIpc) is 2.46. The zero-order chi connectivity index (χ0) is 16.8. The van der Waals surface area contributed by atoms with Gasteiger partial charge in [0.15, 0.2) is 0 Å². The molecule has 2 N–H and O–H groups in total. The summed E-state index contributed by atoms with van der Waals surface area (Å²) in [7, 11) is 0. The van der Waals surface area contributed by atoms with Gasteiger partial charge in [-0.05, 0) is 39.3 Å². The molecule has 1 rings (SSSR count). The number of hydrogen-bond acceptors (Lipinski definition) is 3. The van der Waals surface area contributed by atoms with Gasteiger partial charge < -0.3 is 10.4 Å². The fraction of sp³-hybridized carbons (Fsp3) is 0.611. The number of likely N-dealkylation sites (N-methyl/N-ethyl adjacent to an activating group) is 1. The Labute approximate surface area is 134 Å². The average molecular weight is 306 g/mol. The van der Waals surface area contributed by atoms with E-state index in [1.54, 1.807) is 0 Å². The molecule has 0 aromatic heterocycles. The van der Waals surface area contributed by atoms with E-state index in [0.29, 0.717) is 13.1 Å². The number of amides is 1. The van der Waals surface area contributed by atoms with E-state index in [2.05, 4.69) is 12.2 Å². The molecule has 0 bridgehead atoms. The SMILES string of the molecule is CCN(CC(=O)NC(C)(C)CC)CC(O)c1ccc(C)cc1. The molecular formula is C18H30N2O2. The van der Waals surface area contributed by atoms with Crippen molar-refractivity contribution in [3.05, 3.63) is 35.4 Å². The Hall–Kier alpha value is -1.39. The van der Waals surface area contributed by atoms with Crippen LogP contribution in [0.2, 0.25) is 0 Å². The van der Waals surface area contributed by atoms with Gasteiger partial charge in [-0.2, -0.15) is 0 Å². The lowest BCUT2D eigenvalue weighted by atomic mass is 10.0. The van der Waals surface area contributed by atoms with Crippen LogP contribution in [0, 0.1) is 6.92 Å². The van der Waals surface area contributed by atoms with Gasteiger partial charge in [0.2, 0.25) is 5.91 Å². The van der Waals surface area contributed by atoms with Crippen molar-refractivity contribution in [2.45, 2.75) is 52.7 Å². The molecule has 22 heavy (non-hydrogen) atoms. The van der Waals surface area contributed by atoms with Crippen LogP contribution in [0.25, 0.3) is 0 Å². The van der Waals surface area contributed by atoms with Crippen molar-refractivity contribution in [1.29, 1.82) is 0 Å². The smallest absolute Gasteiger partial charge is 0.234 e. The lowest BCUT2D eigenvalue weighted by Crippen LogP contribution is -2.47. The molecule has 0 spiro atoms. The highest BCUT2D eigenvalue weighted by Crippen LogP contribution is 2.15. The number of nitrogens with one attached hydrogen (secondary N) is 1. The van der Waals surface area contributed by atoms with Crippen LogP contribution in [-0.2, 0) is 4.79 Å². The van der Waals surface area contributed by atoms with Gasteiger partial charge in [0.1, 0.15) is 0 Å². The summed E-state index contributed by atoms with van der Waals surface area (Å²) in [4.78, 5) is 14.1. The second kappa shape index (κ2) is 8.30. The maximum absolute atomic E-state index is 12.1. The summed E-state index contributed by atoms with van der Waals surface area (Å²) in [5, 5.41) is 13.4. The van der Waals surface area contributed by atoms with Crippen LogP contribution >= 0.6 is 0 Å². The first kappa shape index (κ1) is 18.7. The normalized spacial score (nSPS) is 13.2. The summed E-state index contributed by atoms with van der Waals surface area (Å²) >= 11 is 0. The number of rotatable bonds is 8. The third kappa shape index (κ3) is 6.16. The van der Waals surface area contributed by atoms with Crippen LogP contribution in [0.5, 0.6) is 0 Å². The molecule has 1 aromatic rings. The van der Waals surface area contributed by atoms with E-state index in [0.717, 1.165) is 18.5 Å². The van der Waals surface area contributed by atoms with Gasteiger partial charge in [-0.25, -0.2) is 0 Å². The van der Waals surface area contributed by atoms with Crippen molar-refractivity contribution in [3.63, 3.8) is 0 Å². The molecule has 124 valence electrons. The van der Waals surface area contributed by atoms with Crippen molar-refractivity contribution in [2.24, 2.45) is 0 Å². The second-order valence-electron chi connectivity index (χ2n) is 6.54. The predicted octanol–water partition coefficient (Wildman–Crippen LogP) is 2.66. The number of aliphatic hydroxyl groups is 1. The highest BCUT2D eigenvalue weighted by molar-refractivity contribution is 5.78. The van der Waals surface area contributed by atoms with E-state index in [1.165, 1.54) is 5.56 Å². The highest BCUT2D eigenvalue weighted by Gasteiger charge is 2.20. The van der Waals surface area contributed by atoms with Gasteiger partial charge in [0.25, 0.3) is 0 Å². The molecule has 0 heterocycles. The highest BCUT2D eigenvalue weighted by atomic mass is 16.3. The summed E-state index contributed by atoms with van der Waals surface area (Å²) in [6.45, 7) is 11.6. The van der Waals surface area contributed by atoms with Crippen molar-refractivity contribution in [2.75, 3.05) is 19.6 Å². The van der Waals surface area contributed by atoms with Crippen LogP contribution in [0.3, 0.4) is 0 Å². The molecular weight excluding hydrogens is 276 g/mol. The molecule has 4 nitrogen and oxygen atoms in total. The number of aliphatic hydroxyl groups excluding tert-OH is 1. The molecule has 1 unspecified atom stereocenters. The minimum atomic E-state index is -0.576. The molecule has 1 aromatic carbocycles. The summed E-state index contributed by atoms with van der Waals surface area (Å²) < 4.78 is 0. The van der Waals surface area contributed by atoms with Gasteiger partial charge in [0, 0.05) is 12.1 Å². The molecule has 1 amide bonds. The van der Waals surface area contributed by atoms with E-state index in [9.17, 15) is 9.90 Å². The van der Waals surface area contributed by atoms with Crippen molar-refractivity contribution < 1.29 is 9.90 Å².